The molecular weight excluding hydrogens is 330 g/mol. The number of ether oxygens (including phenoxy) is 1. The van der Waals surface area contributed by atoms with E-state index in [1.165, 1.54) is 0 Å². The summed E-state index contributed by atoms with van der Waals surface area (Å²) in [4.78, 5) is 16.7. The lowest BCUT2D eigenvalue weighted by atomic mass is 10.1. The van der Waals surface area contributed by atoms with E-state index < -0.39 is 0 Å². The Bertz CT molecular complexity index is 903. The minimum absolute atomic E-state index is 0.00507. The maximum atomic E-state index is 12.3. The summed E-state index contributed by atoms with van der Waals surface area (Å²) >= 11 is 0. The number of amides is 1. The third-order valence-electron chi connectivity index (χ3n) is 3.69. The zero-order valence-corrected chi connectivity index (χ0v) is 15.0. The Labute approximate surface area is 152 Å². The van der Waals surface area contributed by atoms with Crippen molar-refractivity contribution in [2.75, 3.05) is 5.32 Å². The van der Waals surface area contributed by atoms with Crippen LogP contribution in [0.3, 0.4) is 0 Å². The van der Waals surface area contributed by atoms with E-state index in [-0.39, 0.29) is 24.3 Å². The molecule has 0 saturated carbocycles. The molecule has 3 rings (SSSR count). The summed E-state index contributed by atoms with van der Waals surface area (Å²) in [6.07, 6.45) is 0.00944. The van der Waals surface area contributed by atoms with Gasteiger partial charge in [0.05, 0.1) is 11.8 Å². The van der Waals surface area contributed by atoms with Crippen LogP contribution in [0.5, 0.6) is 5.75 Å². The van der Waals surface area contributed by atoms with Gasteiger partial charge in [-0.2, -0.15) is 4.98 Å². The predicted molar refractivity (Wildman–Crippen MR) is 99.0 cm³/mol. The number of aromatic nitrogens is 2. The summed E-state index contributed by atoms with van der Waals surface area (Å²) in [6, 6.07) is 15.1. The first-order chi connectivity index (χ1) is 12.5. The van der Waals surface area contributed by atoms with Crippen molar-refractivity contribution in [1.29, 1.82) is 0 Å². The van der Waals surface area contributed by atoms with Gasteiger partial charge in [0.1, 0.15) is 12.2 Å². The normalized spacial score (nSPS) is 10.8. The molecule has 1 heterocycles. The molecule has 1 aromatic heterocycles. The molecule has 6 nitrogen and oxygen atoms in total. The number of hydrogen-bond donors (Lipinski definition) is 1. The number of carbonyl (C=O) groups excluding carboxylic acids is 1. The van der Waals surface area contributed by atoms with Crippen LogP contribution in [0, 0.1) is 6.92 Å². The molecule has 134 valence electrons. The van der Waals surface area contributed by atoms with Gasteiger partial charge in [0, 0.05) is 5.56 Å². The second-order valence-corrected chi connectivity index (χ2v) is 6.21. The monoisotopic (exact) mass is 351 g/mol. The lowest BCUT2D eigenvalue weighted by Crippen LogP contribution is -2.16. The van der Waals surface area contributed by atoms with Crippen LogP contribution in [0.15, 0.2) is 53.1 Å². The largest absolute Gasteiger partial charge is 0.489 e. The zero-order chi connectivity index (χ0) is 18.5. The first-order valence-electron chi connectivity index (χ1n) is 8.47. The number of nitrogens with zero attached hydrogens (tertiary/aromatic N) is 2. The van der Waals surface area contributed by atoms with E-state index in [1.807, 2.05) is 63.2 Å². The molecule has 0 spiro atoms. The number of carbonyl (C=O) groups is 1. The van der Waals surface area contributed by atoms with Gasteiger partial charge in [-0.15, -0.1) is 0 Å². The molecule has 0 aliphatic rings. The Morgan fingerprint density at radius 1 is 1.15 bits per heavy atom. The topological polar surface area (TPSA) is 77.2 Å². The molecule has 0 saturated heterocycles. The van der Waals surface area contributed by atoms with Crippen LogP contribution in [0.4, 0.5) is 5.69 Å². The Kier molecular flexibility index (Phi) is 5.31. The van der Waals surface area contributed by atoms with Crippen LogP contribution in [0.25, 0.3) is 11.4 Å². The van der Waals surface area contributed by atoms with Gasteiger partial charge in [-0.1, -0.05) is 41.6 Å². The van der Waals surface area contributed by atoms with Crippen LogP contribution in [-0.2, 0) is 11.2 Å². The zero-order valence-electron chi connectivity index (χ0n) is 15.0. The number of rotatable bonds is 6. The van der Waals surface area contributed by atoms with E-state index in [4.69, 9.17) is 9.26 Å². The molecule has 26 heavy (non-hydrogen) atoms. The Morgan fingerprint density at radius 2 is 1.88 bits per heavy atom. The second kappa shape index (κ2) is 7.82. The first-order valence-corrected chi connectivity index (χ1v) is 8.47. The highest BCUT2D eigenvalue weighted by molar-refractivity contribution is 5.93. The highest BCUT2D eigenvalue weighted by Gasteiger charge is 2.15. The van der Waals surface area contributed by atoms with Crippen molar-refractivity contribution < 1.29 is 14.1 Å². The van der Waals surface area contributed by atoms with Gasteiger partial charge in [0.2, 0.25) is 17.6 Å². The number of benzene rings is 2. The Balaban J connectivity index is 1.69. The van der Waals surface area contributed by atoms with Gasteiger partial charge in [0.25, 0.3) is 0 Å². The third-order valence-corrected chi connectivity index (χ3v) is 3.69. The summed E-state index contributed by atoms with van der Waals surface area (Å²) in [7, 11) is 0. The highest BCUT2D eigenvalue weighted by Crippen LogP contribution is 2.25. The van der Waals surface area contributed by atoms with Crippen LogP contribution in [0.1, 0.15) is 25.3 Å². The highest BCUT2D eigenvalue weighted by atomic mass is 16.5. The maximum Gasteiger partial charge on any atom is 0.236 e. The molecular formula is C20H21N3O3. The molecule has 1 N–H and O–H groups in total. The van der Waals surface area contributed by atoms with Crippen molar-refractivity contribution in [3.8, 4) is 17.1 Å². The van der Waals surface area contributed by atoms with Crippen LogP contribution < -0.4 is 10.1 Å². The van der Waals surface area contributed by atoms with Crippen molar-refractivity contribution in [1.82, 2.24) is 10.1 Å². The van der Waals surface area contributed by atoms with Crippen LogP contribution >= 0.6 is 0 Å². The third kappa shape index (κ3) is 4.27. The number of anilines is 1. The molecule has 0 fully saturated rings. The summed E-state index contributed by atoms with van der Waals surface area (Å²) in [6.45, 7) is 5.85. The fourth-order valence-corrected chi connectivity index (χ4v) is 2.52. The molecule has 0 unspecified atom stereocenters. The molecule has 6 heteroatoms. The Hall–Kier alpha value is -3.15. The lowest BCUT2D eigenvalue weighted by Gasteiger charge is -2.14. The van der Waals surface area contributed by atoms with Gasteiger partial charge in [-0.25, -0.2) is 0 Å². The molecule has 0 bridgehead atoms. The molecule has 0 radical (unpaired) electrons. The predicted octanol–water partition coefficient (Wildman–Crippen LogP) is 4.01. The number of aryl methyl sites for hydroxylation is 1. The molecule has 3 aromatic rings. The summed E-state index contributed by atoms with van der Waals surface area (Å²) < 4.78 is 10.9. The van der Waals surface area contributed by atoms with Crippen molar-refractivity contribution in [2.45, 2.75) is 33.3 Å². The van der Waals surface area contributed by atoms with Gasteiger partial charge >= 0.3 is 0 Å². The first kappa shape index (κ1) is 17.7. The van der Waals surface area contributed by atoms with Crippen molar-refractivity contribution in [3.05, 3.63) is 60.0 Å². The quantitative estimate of drug-likeness (QED) is 0.726. The van der Waals surface area contributed by atoms with Gasteiger partial charge in [-0.3, -0.25) is 4.79 Å². The van der Waals surface area contributed by atoms with Crippen molar-refractivity contribution in [2.24, 2.45) is 0 Å². The van der Waals surface area contributed by atoms with Gasteiger partial charge in [-0.05, 0) is 38.5 Å². The number of nitrogens with one attached hydrogen (secondary N) is 1. The van der Waals surface area contributed by atoms with Gasteiger partial charge in [0.15, 0.2) is 0 Å². The van der Waals surface area contributed by atoms with Gasteiger partial charge < -0.3 is 14.6 Å². The van der Waals surface area contributed by atoms with E-state index in [0.717, 1.165) is 11.1 Å². The molecule has 0 aliphatic carbocycles. The summed E-state index contributed by atoms with van der Waals surface area (Å²) in [5, 5.41) is 6.81. The lowest BCUT2D eigenvalue weighted by molar-refractivity contribution is -0.115. The van der Waals surface area contributed by atoms with E-state index >= 15 is 0 Å². The fraction of sp³-hybridized carbons (Fsp3) is 0.250. The van der Waals surface area contributed by atoms with E-state index in [1.54, 1.807) is 6.07 Å². The average molecular weight is 351 g/mol. The SMILES string of the molecule is Cc1ccccc1-c1noc(CC(=O)Nc2ccccc2OC(C)C)n1. The van der Waals surface area contributed by atoms with E-state index in [2.05, 4.69) is 15.5 Å². The number of hydrogen-bond acceptors (Lipinski definition) is 5. The molecule has 2 aromatic carbocycles. The van der Waals surface area contributed by atoms with Crippen molar-refractivity contribution in [3.63, 3.8) is 0 Å². The van der Waals surface area contributed by atoms with E-state index in [0.29, 0.717) is 17.3 Å². The van der Waals surface area contributed by atoms with Crippen LogP contribution in [-0.4, -0.2) is 22.2 Å². The van der Waals surface area contributed by atoms with E-state index in [9.17, 15) is 4.79 Å². The standard InChI is InChI=1S/C20H21N3O3/c1-13(2)25-17-11-7-6-10-16(17)21-18(24)12-19-22-20(23-26-19)15-9-5-4-8-14(15)3/h4-11,13H,12H2,1-3H3,(H,21,24). The average Bonchev–Trinajstić information content (AvgIpc) is 3.04. The smallest absolute Gasteiger partial charge is 0.236 e. The minimum atomic E-state index is -0.246. The van der Waals surface area contributed by atoms with Crippen LogP contribution in [0.2, 0.25) is 0 Å². The summed E-state index contributed by atoms with van der Waals surface area (Å²) in [5.41, 5.74) is 2.55. The summed E-state index contributed by atoms with van der Waals surface area (Å²) in [5.74, 6) is 1.13. The molecule has 0 atom stereocenters. The number of para-hydroxylation sites is 2. The Morgan fingerprint density at radius 3 is 2.65 bits per heavy atom. The maximum absolute atomic E-state index is 12.3. The molecule has 1 amide bonds. The fourth-order valence-electron chi connectivity index (χ4n) is 2.52. The van der Waals surface area contributed by atoms with Crippen molar-refractivity contribution >= 4 is 11.6 Å². The molecule has 0 aliphatic heterocycles. The second-order valence-electron chi connectivity index (χ2n) is 6.21. The minimum Gasteiger partial charge on any atom is -0.489 e.